The Kier molecular flexibility index (Phi) is 7.47. The number of amides is 1. The molecule has 1 N–H and O–H groups in total. The molecule has 2 aliphatic heterocycles. The van der Waals surface area contributed by atoms with Crippen LogP contribution in [0.25, 0.3) is 0 Å². The van der Waals surface area contributed by atoms with Gasteiger partial charge < -0.3 is 24.4 Å². The van der Waals surface area contributed by atoms with Gasteiger partial charge >= 0.3 is 0 Å². The molecule has 1 atom stereocenters. The molecule has 2 saturated heterocycles. The zero-order valence-corrected chi connectivity index (χ0v) is 16.7. The van der Waals surface area contributed by atoms with Crippen LogP contribution in [-0.4, -0.2) is 78.7 Å². The standard InChI is InChI=1S/C20H31N5O3/c1-21-20(22-9-3-5-11-23-10-4-2-8-18(23)26)25-14-12-24(13-15-25)19(27)17-7-6-16-28-17/h2,4,8,10,17H,3,5-7,9,11-16H2,1H3,(H,21,22). The molecule has 0 saturated carbocycles. The molecule has 0 radical (unpaired) electrons. The Morgan fingerprint density at radius 2 is 2.00 bits per heavy atom. The van der Waals surface area contributed by atoms with E-state index in [9.17, 15) is 9.59 Å². The first kappa shape index (κ1) is 20.4. The van der Waals surface area contributed by atoms with Crippen LogP contribution in [0, 0.1) is 0 Å². The summed E-state index contributed by atoms with van der Waals surface area (Å²) in [6, 6.07) is 5.23. The lowest BCUT2D eigenvalue weighted by Crippen LogP contribution is -2.55. The first-order valence-electron chi connectivity index (χ1n) is 10.2. The first-order valence-corrected chi connectivity index (χ1v) is 10.2. The highest BCUT2D eigenvalue weighted by molar-refractivity contribution is 5.82. The number of rotatable bonds is 6. The number of hydrogen-bond donors (Lipinski definition) is 1. The minimum Gasteiger partial charge on any atom is -0.368 e. The van der Waals surface area contributed by atoms with Crippen LogP contribution in [0.4, 0.5) is 0 Å². The van der Waals surface area contributed by atoms with Crippen LogP contribution in [0.3, 0.4) is 0 Å². The summed E-state index contributed by atoms with van der Waals surface area (Å²) in [5, 5.41) is 3.40. The van der Waals surface area contributed by atoms with Gasteiger partial charge in [-0.3, -0.25) is 14.6 Å². The molecule has 0 aliphatic carbocycles. The van der Waals surface area contributed by atoms with E-state index in [0.29, 0.717) is 19.7 Å². The fourth-order valence-electron chi connectivity index (χ4n) is 3.70. The minimum atomic E-state index is -0.235. The number of guanidine groups is 1. The summed E-state index contributed by atoms with van der Waals surface area (Å²) >= 11 is 0. The number of ether oxygens (including phenoxy) is 1. The number of unbranched alkanes of at least 4 members (excludes halogenated alkanes) is 1. The average molecular weight is 390 g/mol. The van der Waals surface area contributed by atoms with Crippen molar-refractivity contribution < 1.29 is 9.53 Å². The molecule has 0 aromatic carbocycles. The van der Waals surface area contributed by atoms with Gasteiger partial charge in [-0.25, -0.2) is 0 Å². The van der Waals surface area contributed by atoms with E-state index >= 15 is 0 Å². The van der Waals surface area contributed by atoms with E-state index in [2.05, 4.69) is 15.2 Å². The molecule has 2 fully saturated rings. The van der Waals surface area contributed by atoms with Gasteiger partial charge in [0.05, 0.1) is 0 Å². The van der Waals surface area contributed by atoms with Gasteiger partial charge in [-0.1, -0.05) is 6.07 Å². The van der Waals surface area contributed by atoms with Gasteiger partial charge in [0.25, 0.3) is 5.91 Å². The third-order valence-electron chi connectivity index (χ3n) is 5.32. The van der Waals surface area contributed by atoms with E-state index in [-0.39, 0.29) is 17.6 Å². The van der Waals surface area contributed by atoms with Crippen molar-refractivity contribution in [2.24, 2.45) is 4.99 Å². The average Bonchev–Trinajstić information content (AvgIpc) is 3.26. The summed E-state index contributed by atoms with van der Waals surface area (Å²) in [5.41, 5.74) is 0.0432. The molecule has 28 heavy (non-hydrogen) atoms. The summed E-state index contributed by atoms with van der Waals surface area (Å²) in [6.45, 7) is 5.20. The predicted molar refractivity (Wildman–Crippen MR) is 108 cm³/mol. The largest absolute Gasteiger partial charge is 0.368 e. The van der Waals surface area contributed by atoms with Crippen LogP contribution in [0.2, 0.25) is 0 Å². The topological polar surface area (TPSA) is 79.2 Å². The Bertz CT molecular complexity index is 719. The monoisotopic (exact) mass is 389 g/mol. The summed E-state index contributed by atoms with van der Waals surface area (Å²) in [5.74, 6) is 1.01. The number of carbonyl (C=O) groups excluding carboxylic acids is 1. The Hall–Kier alpha value is -2.35. The number of aliphatic imine (C=N–C) groups is 1. The van der Waals surface area contributed by atoms with Crippen LogP contribution >= 0.6 is 0 Å². The van der Waals surface area contributed by atoms with Gasteiger partial charge in [-0.05, 0) is 31.7 Å². The highest BCUT2D eigenvalue weighted by Gasteiger charge is 2.30. The van der Waals surface area contributed by atoms with Crippen LogP contribution in [-0.2, 0) is 16.1 Å². The molecular weight excluding hydrogens is 358 g/mol. The van der Waals surface area contributed by atoms with Crippen molar-refractivity contribution in [2.75, 3.05) is 46.4 Å². The molecule has 0 spiro atoms. The lowest BCUT2D eigenvalue weighted by molar-refractivity contribution is -0.142. The second kappa shape index (κ2) is 10.3. The van der Waals surface area contributed by atoms with Crippen LogP contribution in [0.5, 0.6) is 0 Å². The van der Waals surface area contributed by atoms with E-state index in [1.807, 2.05) is 17.2 Å². The predicted octanol–water partition coefficient (Wildman–Crippen LogP) is 0.527. The van der Waals surface area contributed by atoms with Gasteiger partial charge in [-0.2, -0.15) is 0 Å². The highest BCUT2D eigenvalue weighted by atomic mass is 16.5. The minimum absolute atomic E-state index is 0.0432. The summed E-state index contributed by atoms with van der Waals surface area (Å²) in [7, 11) is 1.79. The fourth-order valence-corrected chi connectivity index (χ4v) is 3.70. The number of pyridine rings is 1. The molecule has 8 heteroatoms. The molecule has 1 amide bonds. The number of piperazine rings is 1. The Morgan fingerprint density at radius 3 is 2.68 bits per heavy atom. The molecule has 1 aromatic heterocycles. The van der Waals surface area contributed by atoms with E-state index in [4.69, 9.17) is 4.74 Å². The Balaban J connectivity index is 1.36. The second-order valence-corrected chi connectivity index (χ2v) is 7.23. The van der Waals surface area contributed by atoms with E-state index < -0.39 is 0 Å². The maximum Gasteiger partial charge on any atom is 0.251 e. The first-order chi connectivity index (χ1) is 13.7. The molecule has 0 bridgehead atoms. The number of nitrogens with one attached hydrogen (secondary N) is 1. The fraction of sp³-hybridized carbons (Fsp3) is 0.650. The van der Waals surface area contributed by atoms with Crippen molar-refractivity contribution in [2.45, 2.75) is 38.3 Å². The number of nitrogens with zero attached hydrogens (tertiary/aromatic N) is 4. The van der Waals surface area contributed by atoms with E-state index in [1.54, 1.807) is 23.7 Å². The van der Waals surface area contributed by atoms with Crippen molar-refractivity contribution in [1.29, 1.82) is 0 Å². The Morgan fingerprint density at radius 1 is 1.21 bits per heavy atom. The number of aryl methyl sites for hydroxylation is 1. The molecule has 3 rings (SSSR count). The molecule has 1 unspecified atom stereocenters. The second-order valence-electron chi connectivity index (χ2n) is 7.23. The summed E-state index contributed by atoms with van der Waals surface area (Å²) < 4.78 is 7.25. The molecule has 8 nitrogen and oxygen atoms in total. The normalized spacial score (nSPS) is 20.5. The smallest absolute Gasteiger partial charge is 0.251 e. The lowest BCUT2D eigenvalue weighted by atomic mass is 10.2. The maximum atomic E-state index is 12.4. The van der Waals surface area contributed by atoms with Crippen molar-refractivity contribution in [1.82, 2.24) is 19.7 Å². The third-order valence-corrected chi connectivity index (χ3v) is 5.32. The molecule has 2 aliphatic rings. The number of hydrogen-bond acceptors (Lipinski definition) is 4. The third kappa shape index (κ3) is 5.34. The SMILES string of the molecule is CN=C(NCCCCn1ccccc1=O)N1CCN(C(=O)C2CCCO2)CC1. The molecule has 154 valence electrons. The molecular formula is C20H31N5O3. The van der Waals surface area contributed by atoms with E-state index in [1.165, 1.54) is 0 Å². The van der Waals surface area contributed by atoms with Gasteiger partial charge in [0.2, 0.25) is 5.56 Å². The van der Waals surface area contributed by atoms with Gasteiger partial charge in [0.1, 0.15) is 6.10 Å². The van der Waals surface area contributed by atoms with Crippen LogP contribution in [0.15, 0.2) is 34.2 Å². The Labute approximate surface area is 166 Å². The zero-order chi connectivity index (χ0) is 19.8. The van der Waals surface area contributed by atoms with Crippen LogP contribution in [0.1, 0.15) is 25.7 Å². The highest BCUT2D eigenvalue weighted by Crippen LogP contribution is 2.16. The lowest BCUT2D eigenvalue weighted by Gasteiger charge is -2.37. The maximum absolute atomic E-state index is 12.4. The number of carbonyl (C=O) groups is 1. The summed E-state index contributed by atoms with van der Waals surface area (Å²) in [4.78, 5) is 32.6. The van der Waals surface area contributed by atoms with E-state index in [0.717, 1.165) is 57.8 Å². The van der Waals surface area contributed by atoms with Gasteiger partial charge in [0.15, 0.2) is 5.96 Å². The van der Waals surface area contributed by atoms with Crippen LogP contribution < -0.4 is 10.9 Å². The number of aromatic nitrogens is 1. The van der Waals surface area contributed by atoms with Crippen molar-refractivity contribution in [3.05, 3.63) is 34.7 Å². The summed E-state index contributed by atoms with van der Waals surface area (Å²) in [6.07, 6.45) is 5.30. The molecule has 3 heterocycles. The van der Waals surface area contributed by atoms with Crippen molar-refractivity contribution in [3.8, 4) is 0 Å². The van der Waals surface area contributed by atoms with Crippen molar-refractivity contribution in [3.63, 3.8) is 0 Å². The van der Waals surface area contributed by atoms with Crippen molar-refractivity contribution >= 4 is 11.9 Å². The van der Waals surface area contributed by atoms with Gasteiger partial charge in [-0.15, -0.1) is 0 Å². The zero-order valence-electron chi connectivity index (χ0n) is 16.7. The quantitative estimate of drug-likeness (QED) is 0.436. The molecule has 1 aromatic rings. The van der Waals surface area contributed by atoms with Gasteiger partial charge in [0, 0.05) is 65.2 Å².